The number of aromatic nitrogens is 1. The fourth-order valence-corrected chi connectivity index (χ4v) is 2.75. The van der Waals surface area contributed by atoms with Crippen LogP contribution in [-0.4, -0.2) is 4.37 Å². The highest BCUT2D eigenvalue weighted by Gasteiger charge is 2.06. The summed E-state index contributed by atoms with van der Waals surface area (Å²) in [4.78, 5) is 0. The van der Waals surface area contributed by atoms with Crippen molar-refractivity contribution in [1.82, 2.24) is 4.37 Å². The van der Waals surface area contributed by atoms with Crippen molar-refractivity contribution in [3.8, 4) is 11.1 Å². The Kier molecular flexibility index (Phi) is 2.76. The summed E-state index contributed by atoms with van der Waals surface area (Å²) in [7, 11) is 0. The second-order valence-electron chi connectivity index (χ2n) is 3.08. The molecule has 0 fully saturated rings. The van der Waals surface area contributed by atoms with Crippen LogP contribution in [0.5, 0.6) is 0 Å². The van der Waals surface area contributed by atoms with Crippen molar-refractivity contribution < 1.29 is 0 Å². The molecule has 0 aliphatic carbocycles. The number of hydrogen-bond donors (Lipinski definition) is 2. The maximum absolute atomic E-state index is 5.19. The molecule has 14 heavy (non-hydrogen) atoms. The molecule has 0 unspecified atom stereocenters. The molecule has 0 aliphatic rings. The molecule has 2 aromatic rings. The van der Waals surface area contributed by atoms with E-state index >= 15 is 0 Å². The van der Waals surface area contributed by atoms with Gasteiger partial charge in [0.25, 0.3) is 0 Å². The monoisotopic (exact) mass is 239 g/mol. The summed E-state index contributed by atoms with van der Waals surface area (Å²) in [6.45, 7) is 2.07. The largest absolute Gasteiger partial charge is 0.300 e. The molecule has 0 atom stereocenters. The molecule has 0 amide bonds. The smallest absolute Gasteiger partial charge is 0.122 e. The quantitative estimate of drug-likeness (QED) is 0.566. The SMILES string of the molecule is Cc1ccc(-c2c(S)s[nH]c2=S)cc1. The Bertz CT molecular complexity index is 493. The first-order valence-electron chi connectivity index (χ1n) is 4.16. The average Bonchev–Trinajstić information content (AvgIpc) is 2.49. The third kappa shape index (κ3) is 1.78. The number of aryl methyl sites for hydroxylation is 1. The van der Waals surface area contributed by atoms with Crippen LogP contribution in [0.25, 0.3) is 11.1 Å². The minimum Gasteiger partial charge on any atom is -0.300 e. The fraction of sp³-hybridized carbons (Fsp3) is 0.100. The van der Waals surface area contributed by atoms with Gasteiger partial charge in [0.15, 0.2) is 0 Å². The predicted molar refractivity (Wildman–Crippen MR) is 66.9 cm³/mol. The first-order valence-corrected chi connectivity index (χ1v) is 5.83. The second kappa shape index (κ2) is 3.88. The van der Waals surface area contributed by atoms with Gasteiger partial charge in [-0.1, -0.05) is 53.6 Å². The Morgan fingerprint density at radius 2 is 1.93 bits per heavy atom. The summed E-state index contributed by atoms with van der Waals surface area (Å²) in [5.74, 6) is 0. The van der Waals surface area contributed by atoms with E-state index in [1.807, 2.05) is 0 Å². The summed E-state index contributed by atoms with van der Waals surface area (Å²) >= 11 is 11.0. The van der Waals surface area contributed by atoms with Gasteiger partial charge in [-0.15, -0.1) is 12.6 Å². The molecule has 2 rings (SSSR count). The van der Waals surface area contributed by atoms with E-state index in [0.29, 0.717) is 0 Å². The Balaban J connectivity index is 2.60. The molecule has 0 saturated carbocycles. The number of thiol groups is 1. The Labute approximate surface area is 97.4 Å². The summed E-state index contributed by atoms with van der Waals surface area (Å²) < 4.78 is 4.74. The van der Waals surface area contributed by atoms with Crippen LogP contribution < -0.4 is 0 Å². The topological polar surface area (TPSA) is 15.8 Å². The predicted octanol–water partition coefficient (Wildman–Crippen LogP) is 4.07. The van der Waals surface area contributed by atoms with E-state index in [1.54, 1.807) is 0 Å². The molecule has 1 aromatic carbocycles. The van der Waals surface area contributed by atoms with E-state index < -0.39 is 0 Å². The van der Waals surface area contributed by atoms with Gasteiger partial charge in [0, 0.05) is 5.56 Å². The van der Waals surface area contributed by atoms with E-state index in [1.165, 1.54) is 17.1 Å². The van der Waals surface area contributed by atoms with Crippen LogP contribution in [0.4, 0.5) is 0 Å². The molecule has 0 spiro atoms. The lowest BCUT2D eigenvalue weighted by molar-refractivity contribution is 1.45. The van der Waals surface area contributed by atoms with Gasteiger partial charge in [-0.2, -0.15) is 0 Å². The van der Waals surface area contributed by atoms with Crippen molar-refractivity contribution >= 4 is 36.4 Å². The van der Waals surface area contributed by atoms with Crippen molar-refractivity contribution in [1.29, 1.82) is 0 Å². The van der Waals surface area contributed by atoms with Gasteiger partial charge in [0.05, 0.1) is 4.21 Å². The Morgan fingerprint density at radius 1 is 1.29 bits per heavy atom. The summed E-state index contributed by atoms with van der Waals surface area (Å²) in [5.41, 5.74) is 3.41. The lowest BCUT2D eigenvalue weighted by Crippen LogP contribution is -1.77. The first kappa shape index (κ1) is 9.96. The summed E-state index contributed by atoms with van der Waals surface area (Å²) in [6.07, 6.45) is 0. The zero-order valence-electron chi connectivity index (χ0n) is 7.57. The Hall–Kier alpha value is -0.580. The third-order valence-electron chi connectivity index (χ3n) is 2.02. The number of aromatic amines is 1. The molecule has 0 saturated heterocycles. The lowest BCUT2D eigenvalue weighted by Gasteiger charge is -1.99. The molecule has 1 heterocycles. The van der Waals surface area contributed by atoms with E-state index in [-0.39, 0.29) is 0 Å². The number of benzene rings is 1. The van der Waals surface area contributed by atoms with E-state index in [2.05, 4.69) is 48.2 Å². The van der Waals surface area contributed by atoms with E-state index in [0.717, 1.165) is 20.0 Å². The molecule has 0 aliphatic heterocycles. The minimum atomic E-state index is 0.767. The van der Waals surface area contributed by atoms with Gasteiger partial charge in [-0.05, 0) is 12.5 Å². The number of nitrogens with one attached hydrogen (secondary N) is 1. The van der Waals surface area contributed by atoms with E-state index in [4.69, 9.17) is 12.2 Å². The van der Waals surface area contributed by atoms with Gasteiger partial charge in [-0.25, -0.2) is 0 Å². The molecule has 72 valence electrons. The fourth-order valence-electron chi connectivity index (χ4n) is 1.27. The van der Waals surface area contributed by atoms with Crippen LogP contribution in [0, 0.1) is 11.6 Å². The van der Waals surface area contributed by atoms with Gasteiger partial charge >= 0.3 is 0 Å². The van der Waals surface area contributed by atoms with Crippen molar-refractivity contribution in [3.05, 3.63) is 34.5 Å². The van der Waals surface area contributed by atoms with Crippen LogP contribution in [0.1, 0.15) is 5.56 Å². The summed E-state index contributed by atoms with van der Waals surface area (Å²) in [6, 6.07) is 8.30. The highest BCUT2D eigenvalue weighted by molar-refractivity contribution is 7.83. The molecule has 0 bridgehead atoms. The summed E-state index contributed by atoms with van der Waals surface area (Å²) in [5, 5.41) is 0. The standard InChI is InChI=1S/C10H9NS3/c1-6-2-4-7(5-3-6)8-9(12)11-14-10(8)13/h2-5,13H,1H3,(H,11,12). The van der Waals surface area contributed by atoms with Crippen LogP contribution in [-0.2, 0) is 0 Å². The molecule has 0 radical (unpaired) electrons. The maximum Gasteiger partial charge on any atom is 0.122 e. The van der Waals surface area contributed by atoms with Gasteiger partial charge in [0.1, 0.15) is 4.64 Å². The number of rotatable bonds is 1. The van der Waals surface area contributed by atoms with Gasteiger partial charge in [0.2, 0.25) is 0 Å². The van der Waals surface area contributed by atoms with Crippen molar-refractivity contribution in [2.75, 3.05) is 0 Å². The number of hydrogen-bond acceptors (Lipinski definition) is 3. The van der Waals surface area contributed by atoms with Crippen molar-refractivity contribution in [3.63, 3.8) is 0 Å². The van der Waals surface area contributed by atoms with Crippen LogP contribution >= 0.6 is 36.4 Å². The zero-order valence-corrected chi connectivity index (χ0v) is 10.1. The van der Waals surface area contributed by atoms with Gasteiger partial charge in [-0.3, -0.25) is 0 Å². The third-order valence-corrected chi connectivity index (χ3v) is 3.66. The first-order chi connectivity index (χ1) is 6.68. The lowest BCUT2D eigenvalue weighted by atomic mass is 10.1. The molecule has 1 N–H and O–H groups in total. The molecule has 1 nitrogen and oxygen atoms in total. The second-order valence-corrected chi connectivity index (χ2v) is 5.05. The zero-order chi connectivity index (χ0) is 10.1. The molecule has 4 heteroatoms. The molecule has 1 aromatic heterocycles. The van der Waals surface area contributed by atoms with Crippen molar-refractivity contribution in [2.24, 2.45) is 0 Å². The normalized spacial score (nSPS) is 10.4. The van der Waals surface area contributed by atoms with Crippen LogP contribution in [0.2, 0.25) is 0 Å². The number of H-pyrrole nitrogens is 1. The molecular formula is C10H9NS3. The average molecular weight is 239 g/mol. The van der Waals surface area contributed by atoms with Crippen LogP contribution in [0.15, 0.2) is 28.5 Å². The molecular weight excluding hydrogens is 230 g/mol. The van der Waals surface area contributed by atoms with E-state index in [9.17, 15) is 0 Å². The van der Waals surface area contributed by atoms with Gasteiger partial charge < -0.3 is 4.37 Å². The minimum absolute atomic E-state index is 0.767. The van der Waals surface area contributed by atoms with Crippen LogP contribution in [0.3, 0.4) is 0 Å². The Morgan fingerprint density at radius 3 is 2.43 bits per heavy atom. The highest BCUT2D eigenvalue weighted by atomic mass is 32.2. The van der Waals surface area contributed by atoms with Crippen molar-refractivity contribution in [2.45, 2.75) is 11.1 Å². The maximum atomic E-state index is 5.19. The highest BCUT2D eigenvalue weighted by Crippen LogP contribution is 2.30.